The largest absolute Gasteiger partial charge is 0.416 e. The number of hydrogen-bond donors (Lipinski definition) is 2. The fraction of sp³-hybridized carbons (Fsp3) is 0.211. The molecule has 0 radical (unpaired) electrons. The number of fused-ring (bicyclic) bond motifs is 1. The summed E-state index contributed by atoms with van der Waals surface area (Å²) in [5.41, 5.74) is -1.24. The number of benzene rings is 2. The molecule has 0 saturated heterocycles. The summed E-state index contributed by atoms with van der Waals surface area (Å²) in [6.07, 6.45) is -4.43. The third kappa shape index (κ3) is 3.98. The maximum atomic E-state index is 12.6. The number of carbonyl (C=O) groups is 1. The second-order valence-corrected chi connectivity index (χ2v) is 6.27. The molecule has 1 amide bonds. The lowest BCUT2D eigenvalue weighted by atomic mass is 10.1. The van der Waals surface area contributed by atoms with Gasteiger partial charge in [0.1, 0.15) is 6.54 Å². The lowest BCUT2D eigenvalue weighted by Crippen LogP contribution is -2.37. The smallest absolute Gasteiger partial charge is 0.348 e. The third-order valence-electron chi connectivity index (χ3n) is 4.32. The van der Waals surface area contributed by atoms with Gasteiger partial charge in [0.05, 0.1) is 22.5 Å². The van der Waals surface area contributed by atoms with E-state index in [1.807, 2.05) is 0 Å². The van der Waals surface area contributed by atoms with Crippen molar-refractivity contribution in [3.05, 3.63) is 80.5 Å². The van der Waals surface area contributed by atoms with E-state index in [-0.39, 0.29) is 11.9 Å². The first-order valence-corrected chi connectivity index (χ1v) is 8.35. The molecule has 1 aromatic heterocycles. The van der Waals surface area contributed by atoms with Gasteiger partial charge in [0.15, 0.2) is 0 Å². The Morgan fingerprint density at radius 3 is 2.39 bits per heavy atom. The Labute approximate surface area is 156 Å². The molecular formula is C19H16F3N3O3. The molecule has 9 heteroatoms. The molecule has 2 aromatic carbocycles. The van der Waals surface area contributed by atoms with Crippen molar-refractivity contribution in [2.24, 2.45) is 0 Å². The third-order valence-corrected chi connectivity index (χ3v) is 4.32. The minimum atomic E-state index is -4.43. The lowest BCUT2D eigenvalue weighted by Gasteiger charge is -2.16. The summed E-state index contributed by atoms with van der Waals surface area (Å²) in [6, 6.07) is 10.3. The van der Waals surface area contributed by atoms with E-state index >= 15 is 0 Å². The van der Waals surface area contributed by atoms with Crippen LogP contribution in [-0.2, 0) is 17.5 Å². The van der Waals surface area contributed by atoms with Crippen molar-refractivity contribution in [2.45, 2.75) is 25.7 Å². The van der Waals surface area contributed by atoms with E-state index < -0.39 is 34.9 Å². The van der Waals surface area contributed by atoms with Crippen molar-refractivity contribution < 1.29 is 18.0 Å². The van der Waals surface area contributed by atoms with Crippen molar-refractivity contribution in [2.75, 3.05) is 0 Å². The minimum Gasteiger partial charge on any atom is -0.348 e. The summed E-state index contributed by atoms with van der Waals surface area (Å²) < 4.78 is 39.0. The predicted octanol–water partition coefficient (Wildman–Crippen LogP) is 2.59. The van der Waals surface area contributed by atoms with E-state index in [1.165, 1.54) is 18.2 Å². The van der Waals surface area contributed by atoms with Crippen LogP contribution in [0.1, 0.15) is 24.1 Å². The number of nitrogens with zero attached hydrogens (tertiary/aromatic N) is 1. The highest BCUT2D eigenvalue weighted by atomic mass is 19.4. The molecule has 2 N–H and O–H groups in total. The number of amides is 1. The molecule has 0 bridgehead atoms. The van der Waals surface area contributed by atoms with Crippen LogP contribution in [0.2, 0.25) is 0 Å². The van der Waals surface area contributed by atoms with Crippen molar-refractivity contribution in [1.82, 2.24) is 14.9 Å². The van der Waals surface area contributed by atoms with Crippen LogP contribution >= 0.6 is 0 Å². The average Bonchev–Trinajstić information content (AvgIpc) is 2.64. The molecule has 0 aliphatic carbocycles. The molecule has 3 rings (SSSR count). The highest BCUT2D eigenvalue weighted by molar-refractivity contribution is 5.81. The number of nitrogens with one attached hydrogen (secondary N) is 2. The predicted molar refractivity (Wildman–Crippen MR) is 96.8 cm³/mol. The standard InChI is InChI=1S/C19H16F3N3O3/c1-11(12-6-8-13(9-7-12)19(20,21)22)23-16(26)10-25-15-5-3-2-4-14(15)17(27)24-18(25)28/h2-9,11H,10H2,1H3,(H,23,26)(H,24,27,28). The van der Waals surface area contributed by atoms with Gasteiger partial charge in [-0.25, -0.2) is 4.79 Å². The molecule has 0 spiro atoms. The molecule has 3 aromatic rings. The summed E-state index contributed by atoms with van der Waals surface area (Å²) in [4.78, 5) is 38.5. The number of hydrogen-bond acceptors (Lipinski definition) is 3. The first kappa shape index (κ1) is 19.4. The molecule has 0 aliphatic rings. The van der Waals surface area contributed by atoms with E-state index in [4.69, 9.17) is 0 Å². The van der Waals surface area contributed by atoms with Crippen LogP contribution < -0.4 is 16.6 Å². The van der Waals surface area contributed by atoms with Gasteiger partial charge in [-0.05, 0) is 36.8 Å². The second-order valence-electron chi connectivity index (χ2n) is 6.27. The van der Waals surface area contributed by atoms with E-state index in [0.29, 0.717) is 11.1 Å². The molecule has 0 saturated carbocycles. The van der Waals surface area contributed by atoms with Gasteiger partial charge < -0.3 is 5.32 Å². The van der Waals surface area contributed by atoms with E-state index in [0.717, 1.165) is 16.7 Å². The highest BCUT2D eigenvalue weighted by Crippen LogP contribution is 2.29. The van der Waals surface area contributed by atoms with E-state index in [2.05, 4.69) is 10.3 Å². The van der Waals surface area contributed by atoms with Gasteiger partial charge in [-0.2, -0.15) is 13.2 Å². The summed E-state index contributed by atoms with van der Waals surface area (Å²) in [7, 11) is 0. The molecule has 0 aliphatic heterocycles. The topological polar surface area (TPSA) is 84.0 Å². The summed E-state index contributed by atoms with van der Waals surface area (Å²) in [5, 5.41) is 2.91. The second kappa shape index (κ2) is 7.34. The maximum Gasteiger partial charge on any atom is 0.416 e. The molecule has 0 fully saturated rings. The van der Waals surface area contributed by atoms with E-state index in [9.17, 15) is 27.6 Å². The van der Waals surface area contributed by atoms with Crippen LogP contribution in [0.15, 0.2) is 58.1 Å². The van der Waals surface area contributed by atoms with Crippen molar-refractivity contribution >= 4 is 16.8 Å². The SMILES string of the molecule is CC(NC(=O)Cn1c(=O)[nH]c(=O)c2ccccc21)c1ccc(C(F)(F)F)cc1. The number of halogens is 3. The number of alkyl halides is 3. The van der Waals surface area contributed by atoms with Crippen LogP contribution in [0, 0.1) is 0 Å². The Bertz CT molecular complexity index is 1130. The zero-order chi connectivity index (χ0) is 20.5. The molecule has 1 heterocycles. The number of para-hydroxylation sites is 1. The van der Waals surface area contributed by atoms with Gasteiger partial charge in [0, 0.05) is 0 Å². The van der Waals surface area contributed by atoms with Gasteiger partial charge in [-0.3, -0.25) is 19.1 Å². The fourth-order valence-electron chi connectivity index (χ4n) is 2.87. The summed E-state index contributed by atoms with van der Waals surface area (Å²) >= 11 is 0. The highest BCUT2D eigenvalue weighted by Gasteiger charge is 2.30. The number of H-pyrrole nitrogens is 1. The minimum absolute atomic E-state index is 0.269. The summed E-state index contributed by atoms with van der Waals surface area (Å²) in [5.74, 6) is -0.522. The van der Waals surface area contributed by atoms with Crippen molar-refractivity contribution in [3.63, 3.8) is 0 Å². The molecule has 28 heavy (non-hydrogen) atoms. The number of aromatic nitrogens is 2. The zero-order valence-electron chi connectivity index (χ0n) is 14.7. The number of aromatic amines is 1. The quantitative estimate of drug-likeness (QED) is 0.717. The summed E-state index contributed by atoms with van der Waals surface area (Å²) in [6.45, 7) is 1.27. The average molecular weight is 391 g/mol. The van der Waals surface area contributed by atoms with Crippen LogP contribution in [0.5, 0.6) is 0 Å². The molecule has 146 valence electrons. The Morgan fingerprint density at radius 1 is 1.11 bits per heavy atom. The Kier molecular flexibility index (Phi) is 5.08. The maximum absolute atomic E-state index is 12.6. The van der Waals surface area contributed by atoms with Crippen LogP contribution in [0.25, 0.3) is 10.9 Å². The van der Waals surface area contributed by atoms with Gasteiger partial charge in [-0.1, -0.05) is 24.3 Å². The van der Waals surface area contributed by atoms with Crippen LogP contribution in [0.3, 0.4) is 0 Å². The van der Waals surface area contributed by atoms with Crippen molar-refractivity contribution in [3.8, 4) is 0 Å². The normalized spacial score (nSPS) is 12.7. The number of carbonyl (C=O) groups excluding carboxylic acids is 1. The Morgan fingerprint density at radius 2 is 1.75 bits per heavy atom. The molecule has 6 nitrogen and oxygen atoms in total. The number of rotatable bonds is 4. The monoisotopic (exact) mass is 391 g/mol. The zero-order valence-corrected chi connectivity index (χ0v) is 14.7. The van der Waals surface area contributed by atoms with Gasteiger partial charge >= 0.3 is 11.9 Å². The fourth-order valence-corrected chi connectivity index (χ4v) is 2.87. The molecular weight excluding hydrogens is 375 g/mol. The van der Waals surface area contributed by atoms with Gasteiger partial charge in [-0.15, -0.1) is 0 Å². The van der Waals surface area contributed by atoms with Crippen LogP contribution in [0.4, 0.5) is 13.2 Å². The first-order chi connectivity index (χ1) is 13.2. The van der Waals surface area contributed by atoms with Crippen molar-refractivity contribution in [1.29, 1.82) is 0 Å². The first-order valence-electron chi connectivity index (χ1n) is 8.35. The van der Waals surface area contributed by atoms with Gasteiger partial charge in [0.2, 0.25) is 5.91 Å². The van der Waals surface area contributed by atoms with Crippen LogP contribution in [-0.4, -0.2) is 15.5 Å². The molecule has 1 atom stereocenters. The lowest BCUT2D eigenvalue weighted by molar-refractivity contribution is -0.137. The molecule has 1 unspecified atom stereocenters. The van der Waals surface area contributed by atoms with E-state index in [1.54, 1.807) is 25.1 Å². The van der Waals surface area contributed by atoms with Gasteiger partial charge in [0.25, 0.3) is 5.56 Å². The Hall–Kier alpha value is -3.36. The Balaban J connectivity index is 1.79.